The lowest BCUT2D eigenvalue weighted by Gasteiger charge is -2.11. The first kappa shape index (κ1) is 26.3. The van der Waals surface area contributed by atoms with E-state index in [1.165, 1.54) is 54.6 Å². The van der Waals surface area contributed by atoms with Crippen LogP contribution in [0, 0.1) is 11.6 Å². The molecule has 0 bridgehead atoms. The lowest BCUT2D eigenvalue weighted by molar-refractivity contribution is 0.0596. The molecule has 0 aliphatic carbocycles. The first-order valence-electron chi connectivity index (χ1n) is 11.7. The Hall–Kier alpha value is -4.79. The van der Waals surface area contributed by atoms with E-state index in [-0.39, 0.29) is 34.7 Å². The second-order valence-corrected chi connectivity index (χ2v) is 8.31. The van der Waals surface area contributed by atoms with Crippen LogP contribution in [0.1, 0.15) is 42.4 Å². The second kappa shape index (κ2) is 12.0. The Balaban J connectivity index is 1.36. The first-order chi connectivity index (χ1) is 18.4. The molecule has 9 heteroatoms. The molecule has 0 radical (unpaired) electrons. The van der Waals surface area contributed by atoms with Gasteiger partial charge in [0.15, 0.2) is 0 Å². The number of hydrogen-bond acceptors (Lipinski definition) is 5. The van der Waals surface area contributed by atoms with E-state index < -0.39 is 23.5 Å². The van der Waals surface area contributed by atoms with Crippen LogP contribution in [0.25, 0.3) is 11.1 Å². The van der Waals surface area contributed by atoms with Gasteiger partial charge in [0.2, 0.25) is 0 Å². The number of furan rings is 1. The van der Waals surface area contributed by atoms with Crippen LogP contribution in [-0.2, 0) is 17.7 Å². The number of ether oxygens (including phenoxy) is 1. The first-order valence-corrected chi connectivity index (χ1v) is 11.7. The molecule has 4 rings (SSSR count). The van der Waals surface area contributed by atoms with Gasteiger partial charge in [-0.15, -0.1) is 0 Å². The fourth-order valence-corrected chi connectivity index (χ4v) is 3.84. The molecule has 38 heavy (non-hydrogen) atoms. The lowest BCUT2D eigenvalue weighted by atomic mass is 9.98. The van der Waals surface area contributed by atoms with Gasteiger partial charge in [0.05, 0.1) is 13.4 Å². The quantitative estimate of drug-likeness (QED) is 0.307. The van der Waals surface area contributed by atoms with Crippen LogP contribution in [0.15, 0.2) is 83.5 Å². The molecule has 2 amide bonds. The lowest BCUT2D eigenvalue weighted by Crippen LogP contribution is -2.26. The minimum absolute atomic E-state index is 0.104. The summed E-state index contributed by atoms with van der Waals surface area (Å²) in [6, 6.07) is 17.9. The Morgan fingerprint density at radius 1 is 0.842 bits per heavy atom. The molecule has 0 atom stereocenters. The number of carbonyl (C=O) groups excluding carboxylic acids is 3. The average Bonchev–Trinajstić information content (AvgIpc) is 3.45. The van der Waals surface area contributed by atoms with Gasteiger partial charge in [0.25, 0.3) is 11.8 Å². The highest BCUT2D eigenvalue weighted by Gasteiger charge is 2.19. The molecule has 0 aliphatic rings. The fraction of sp³-hybridized carbons (Fsp3) is 0.138. The number of benzene rings is 3. The number of esters is 1. The summed E-state index contributed by atoms with van der Waals surface area (Å²) >= 11 is 0. The van der Waals surface area contributed by atoms with E-state index in [0.717, 1.165) is 18.9 Å². The van der Waals surface area contributed by atoms with E-state index >= 15 is 0 Å². The van der Waals surface area contributed by atoms with Crippen LogP contribution >= 0.6 is 0 Å². The zero-order chi connectivity index (χ0) is 27.1. The van der Waals surface area contributed by atoms with E-state index in [1.807, 2.05) is 6.07 Å². The molecule has 0 saturated heterocycles. The van der Waals surface area contributed by atoms with Crippen molar-refractivity contribution in [2.75, 3.05) is 13.7 Å². The normalized spacial score (nSPS) is 10.6. The predicted molar refractivity (Wildman–Crippen MR) is 135 cm³/mol. The molecule has 194 valence electrons. The third-order valence-corrected chi connectivity index (χ3v) is 5.85. The summed E-state index contributed by atoms with van der Waals surface area (Å²) in [6.07, 6.45) is 2.13. The number of methoxy groups -OCH3 is 1. The minimum atomic E-state index is -0.868. The van der Waals surface area contributed by atoms with Gasteiger partial charge in [-0.2, -0.15) is 0 Å². The molecule has 3 aromatic carbocycles. The van der Waals surface area contributed by atoms with Crippen molar-refractivity contribution in [3.8, 4) is 11.1 Å². The predicted octanol–water partition coefficient (Wildman–Crippen LogP) is 4.91. The Morgan fingerprint density at radius 2 is 1.55 bits per heavy atom. The molecular formula is C29H24F2N2O5. The third-order valence-electron chi connectivity index (χ3n) is 5.85. The zero-order valence-corrected chi connectivity index (χ0v) is 20.4. The van der Waals surface area contributed by atoms with Gasteiger partial charge < -0.3 is 19.8 Å². The van der Waals surface area contributed by atoms with Crippen LogP contribution in [0.4, 0.5) is 8.78 Å². The fourth-order valence-electron chi connectivity index (χ4n) is 3.84. The molecule has 1 heterocycles. The summed E-state index contributed by atoms with van der Waals surface area (Å²) < 4.78 is 38.9. The van der Waals surface area contributed by atoms with Gasteiger partial charge in [-0.1, -0.05) is 24.3 Å². The van der Waals surface area contributed by atoms with Gasteiger partial charge in [-0.3, -0.25) is 9.59 Å². The monoisotopic (exact) mass is 518 g/mol. The van der Waals surface area contributed by atoms with E-state index in [1.54, 1.807) is 12.3 Å². The standard InChI is InChI=1S/C29H24F2N2O5/c1-37-29(36)26-23(5-2-6-24(26)30)20-11-12-21(25(31)16-20)17-33-28(35)19-9-7-18(8-10-19)27(34)32-14-13-22-4-3-15-38-22/h2-12,15-16H,13-14,17H2,1H3,(H,32,34)(H,33,35). The van der Waals surface area contributed by atoms with Crippen molar-refractivity contribution in [3.63, 3.8) is 0 Å². The van der Waals surface area contributed by atoms with E-state index in [4.69, 9.17) is 4.42 Å². The number of hydrogen-bond donors (Lipinski definition) is 2. The molecule has 0 saturated carbocycles. The molecule has 0 fully saturated rings. The maximum absolute atomic E-state index is 14.8. The maximum atomic E-state index is 14.8. The zero-order valence-electron chi connectivity index (χ0n) is 20.4. The Bertz CT molecular complexity index is 1450. The topological polar surface area (TPSA) is 97.6 Å². The van der Waals surface area contributed by atoms with Crippen molar-refractivity contribution in [1.29, 1.82) is 0 Å². The van der Waals surface area contributed by atoms with Gasteiger partial charge in [0, 0.05) is 36.2 Å². The number of halogens is 2. The van der Waals surface area contributed by atoms with Crippen molar-refractivity contribution < 1.29 is 32.3 Å². The van der Waals surface area contributed by atoms with E-state index in [0.29, 0.717) is 24.1 Å². The van der Waals surface area contributed by atoms with Gasteiger partial charge in [-0.25, -0.2) is 13.6 Å². The van der Waals surface area contributed by atoms with Crippen LogP contribution < -0.4 is 10.6 Å². The molecule has 1 aromatic heterocycles. The van der Waals surface area contributed by atoms with Crippen LogP contribution in [-0.4, -0.2) is 31.4 Å². The largest absolute Gasteiger partial charge is 0.469 e. The molecule has 0 unspecified atom stereocenters. The molecule has 0 aliphatic heterocycles. The SMILES string of the molecule is COC(=O)c1c(F)cccc1-c1ccc(CNC(=O)c2ccc(C(=O)NCCc3ccco3)cc2)c(F)c1. The molecule has 2 N–H and O–H groups in total. The highest BCUT2D eigenvalue weighted by atomic mass is 19.1. The van der Waals surface area contributed by atoms with Crippen LogP contribution in [0.3, 0.4) is 0 Å². The molecular weight excluding hydrogens is 494 g/mol. The molecule has 7 nitrogen and oxygen atoms in total. The van der Waals surface area contributed by atoms with Crippen LogP contribution in [0.2, 0.25) is 0 Å². The van der Waals surface area contributed by atoms with Crippen molar-refractivity contribution in [2.24, 2.45) is 0 Å². The van der Waals surface area contributed by atoms with E-state index in [2.05, 4.69) is 15.4 Å². The van der Waals surface area contributed by atoms with Crippen molar-refractivity contribution in [1.82, 2.24) is 10.6 Å². The summed E-state index contributed by atoms with van der Waals surface area (Å²) in [7, 11) is 1.14. The van der Waals surface area contributed by atoms with Crippen LogP contribution in [0.5, 0.6) is 0 Å². The summed E-state index contributed by atoms with van der Waals surface area (Å²) in [5, 5.41) is 5.42. The van der Waals surface area contributed by atoms with Crippen molar-refractivity contribution in [2.45, 2.75) is 13.0 Å². The highest BCUT2D eigenvalue weighted by Crippen LogP contribution is 2.28. The Kier molecular flexibility index (Phi) is 8.27. The third kappa shape index (κ3) is 6.12. The second-order valence-electron chi connectivity index (χ2n) is 8.31. The number of rotatable bonds is 9. The molecule has 4 aromatic rings. The van der Waals surface area contributed by atoms with E-state index in [9.17, 15) is 23.2 Å². The van der Waals surface area contributed by atoms with Gasteiger partial charge in [-0.05, 0) is 59.7 Å². The smallest absolute Gasteiger partial charge is 0.341 e. The summed E-state index contributed by atoms with van der Waals surface area (Å²) in [5.74, 6) is -2.24. The molecule has 0 spiro atoms. The van der Waals surface area contributed by atoms with Crippen molar-refractivity contribution >= 4 is 17.8 Å². The number of carbonyl (C=O) groups is 3. The van der Waals surface area contributed by atoms with Crippen molar-refractivity contribution in [3.05, 3.63) is 119 Å². The minimum Gasteiger partial charge on any atom is -0.469 e. The van der Waals surface area contributed by atoms with Gasteiger partial charge >= 0.3 is 5.97 Å². The Morgan fingerprint density at radius 3 is 2.18 bits per heavy atom. The Labute approximate surface area is 217 Å². The highest BCUT2D eigenvalue weighted by molar-refractivity contribution is 5.98. The summed E-state index contributed by atoms with van der Waals surface area (Å²) in [4.78, 5) is 36.9. The maximum Gasteiger partial charge on any atom is 0.341 e. The average molecular weight is 519 g/mol. The number of nitrogens with one attached hydrogen (secondary N) is 2. The summed E-state index contributed by atoms with van der Waals surface area (Å²) in [6.45, 7) is 0.301. The van der Waals surface area contributed by atoms with Gasteiger partial charge in [0.1, 0.15) is 23.0 Å². The number of amides is 2. The summed E-state index contributed by atoms with van der Waals surface area (Å²) in [5.41, 5.74) is 1.09.